The van der Waals surface area contributed by atoms with Crippen molar-refractivity contribution >= 4 is 51.1 Å². The molecule has 5 nitrogen and oxygen atoms in total. The van der Waals surface area contributed by atoms with E-state index in [1.165, 1.54) is 30.5 Å². The van der Waals surface area contributed by atoms with Gasteiger partial charge < -0.3 is 5.73 Å². The van der Waals surface area contributed by atoms with Crippen molar-refractivity contribution in [3.8, 4) is 0 Å². The summed E-state index contributed by atoms with van der Waals surface area (Å²) in [6.07, 6.45) is 1.51. The minimum atomic E-state index is -3.60. The number of hydrogen-bond acceptors (Lipinski definition) is 4. The smallest absolute Gasteiger partial charge is 0.263 e. The van der Waals surface area contributed by atoms with E-state index in [0.717, 1.165) is 0 Å². The zero-order valence-electron chi connectivity index (χ0n) is 9.87. The van der Waals surface area contributed by atoms with Gasteiger partial charge in [0.15, 0.2) is 0 Å². The second-order valence-electron chi connectivity index (χ2n) is 3.39. The molecule has 1 heterocycles. The second-order valence-corrected chi connectivity index (χ2v) is 5.07. The molecule has 0 fully saturated rings. The molecule has 0 amide bonds. The Balaban J connectivity index is 0.00000162. The molecule has 0 spiro atoms. The van der Waals surface area contributed by atoms with Crippen LogP contribution in [0.2, 0.25) is 0 Å². The van der Waals surface area contributed by atoms with Crippen molar-refractivity contribution in [1.29, 1.82) is 0 Å². The van der Waals surface area contributed by atoms with Crippen molar-refractivity contribution in [3.63, 3.8) is 0 Å². The Kier molecular flexibility index (Phi) is 5.15. The molecule has 2 rings (SSSR count). The van der Waals surface area contributed by atoms with Crippen LogP contribution in [0, 0.1) is 0 Å². The molecule has 0 aliphatic carbocycles. The van der Waals surface area contributed by atoms with Crippen molar-refractivity contribution in [2.24, 2.45) is 0 Å². The van der Waals surface area contributed by atoms with Crippen molar-refractivity contribution < 1.29 is 8.42 Å². The topological polar surface area (TPSA) is 85.1 Å². The molecule has 0 bridgehead atoms. The number of rotatable bonds is 3. The Hall–Kier alpha value is -1.08. The second kappa shape index (κ2) is 6.19. The first kappa shape index (κ1) is 15.0. The molecular formula is C11H11N3NaO2S. The number of hydrogen-bond donors (Lipinski definition) is 2. The van der Waals surface area contributed by atoms with Gasteiger partial charge in [-0.25, -0.2) is 13.4 Å². The number of sulfonamides is 1. The van der Waals surface area contributed by atoms with E-state index in [9.17, 15) is 8.42 Å². The number of aromatic nitrogens is 1. The summed E-state index contributed by atoms with van der Waals surface area (Å²) < 4.78 is 26.2. The van der Waals surface area contributed by atoms with E-state index in [1.54, 1.807) is 18.2 Å². The van der Waals surface area contributed by atoms with Gasteiger partial charge in [0, 0.05) is 41.4 Å². The van der Waals surface area contributed by atoms with Gasteiger partial charge in [0.25, 0.3) is 10.0 Å². The van der Waals surface area contributed by atoms with Gasteiger partial charge >= 0.3 is 0 Å². The van der Waals surface area contributed by atoms with Gasteiger partial charge in [-0.1, -0.05) is 6.07 Å². The molecule has 0 saturated carbocycles. The van der Waals surface area contributed by atoms with Crippen LogP contribution in [-0.4, -0.2) is 43.0 Å². The van der Waals surface area contributed by atoms with E-state index in [2.05, 4.69) is 9.71 Å². The minimum Gasteiger partial charge on any atom is -0.399 e. The average Bonchev–Trinajstić information content (AvgIpc) is 2.30. The molecule has 1 aromatic heterocycles. The van der Waals surface area contributed by atoms with E-state index >= 15 is 0 Å². The van der Waals surface area contributed by atoms with E-state index in [4.69, 9.17) is 5.73 Å². The van der Waals surface area contributed by atoms with Crippen LogP contribution in [0.5, 0.6) is 0 Å². The first-order valence-corrected chi connectivity index (χ1v) is 6.36. The van der Waals surface area contributed by atoms with E-state index in [-0.39, 0.29) is 40.3 Å². The Labute approximate surface area is 128 Å². The Morgan fingerprint density at radius 2 is 1.72 bits per heavy atom. The number of nitrogens with two attached hydrogens (primary N) is 1. The fourth-order valence-electron chi connectivity index (χ4n) is 1.27. The van der Waals surface area contributed by atoms with Crippen LogP contribution in [0.25, 0.3) is 0 Å². The number of nitrogen functional groups attached to an aromatic ring is 1. The summed E-state index contributed by atoms with van der Waals surface area (Å²) in [6.45, 7) is 0. The number of anilines is 2. The van der Waals surface area contributed by atoms with Gasteiger partial charge in [0.1, 0.15) is 5.82 Å². The third-order valence-electron chi connectivity index (χ3n) is 2.09. The Bertz CT molecular complexity index is 600. The van der Waals surface area contributed by atoms with Crippen molar-refractivity contribution in [3.05, 3.63) is 48.7 Å². The van der Waals surface area contributed by atoms with Gasteiger partial charge in [-0.15, -0.1) is 0 Å². The summed E-state index contributed by atoms with van der Waals surface area (Å²) >= 11 is 0. The molecule has 0 atom stereocenters. The molecule has 0 aliphatic rings. The van der Waals surface area contributed by atoms with Crippen molar-refractivity contribution in [2.75, 3.05) is 10.5 Å². The summed E-state index contributed by atoms with van der Waals surface area (Å²) in [6, 6.07) is 10.9. The van der Waals surface area contributed by atoms with Crippen LogP contribution in [0.1, 0.15) is 0 Å². The normalized spacial score (nSPS) is 10.4. The number of nitrogens with one attached hydrogen (secondary N) is 1. The maximum Gasteiger partial charge on any atom is 0.263 e. The van der Waals surface area contributed by atoms with Gasteiger partial charge in [0.2, 0.25) is 0 Å². The van der Waals surface area contributed by atoms with Gasteiger partial charge in [-0.05, 0) is 36.4 Å². The third-order valence-corrected chi connectivity index (χ3v) is 3.46. The van der Waals surface area contributed by atoms with Crippen LogP contribution in [0.4, 0.5) is 11.5 Å². The van der Waals surface area contributed by atoms with Crippen molar-refractivity contribution in [1.82, 2.24) is 4.98 Å². The number of nitrogens with zero attached hydrogens (tertiary/aromatic N) is 1. The number of benzene rings is 1. The molecule has 18 heavy (non-hydrogen) atoms. The molecular weight excluding hydrogens is 261 g/mol. The predicted molar refractivity (Wildman–Crippen MR) is 71.7 cm³/mol. The van der Waals surface area contributed by atoms with E-state index < -0.39 is 10.0 Å². The van der Waals surface area contributed by atoms with Gasteiger partial charge in [-0.3, -0.25) is 4.72 Å². The predicted octanol–water partition coefficient (Wildman–Crippen LogP) is 1.08. The maximum absolute atomic E-state index is 11.9. The molecule has 1 radical (unpaired) electrons. The molecule has 2 aromatic rings. The third kappa shape index (κ3) is 3.71. The summed E-state index contributed by atoms with van der Waals surface area (Å²) in [4.78, 5) is 4.04. The van der Waals surface area contributed by atoms with Gasteiger partial charge in [0.05, 0.1) is 4.90 Å². The van der Waals surface area contributed by atoms with Crippen LogP contribution < -0.4 is 10.5 Å². The van der Waals surface area contributed by atoms with Crippen molar-refractivity contribution in [2.45, 2.75) is 4.90 Å². The van der Waals surface area contributed by atoms with Crippen LogP contribution in [0.15, 0.2) is 53.6 Å². The summed E-state index contributed by atoms with van der Waals surface area (Å²) in [5.41, 5.74) is 6.01. The molecule has 0 saturated heterocycles. The molecule has 3 N–H and O–H groups in total. The minimum absolute atomic E-state index is 0. The molecule has 0 unspecified atom stereocenters. The van der Waals surface area contributed by atoms with Crippen LogP contribution in [0.3, 0.4) is 0 Å². The number of pyridine rings is 1. The summed E-state index contributed by atoms with van der Waals surface area (Å²) in [5, 5.41) is 0. The Morgan fingerprint density at radius 3 is 2.28 bits per heavy atom. The summed E-state index contributed by atoms with van der Waals surface area (Å²) in [5.74, 6) is 0.282. The zero-order valence-corrected chi connectivity index (χ0v) is 12.7. The average molecular weight is 272 g/mol. The standard InChI is InChI=1S/C11H11N3O2S.Na/c12-9-4-6-10(7-5-9)17(15,16)14-11-3-1-2-8-13-11;/h1-8H,12H2,(H,13,14);. The fraction of sp³-hybridized carbons (Fsp3) is 0. The fourth-order valence-corrected chi connectivity index (χ4v) is 2.28. The summed E-state index contributed by atoms with van der Waals surface area (Å²) in [7, 11) is -3.60. The quantitative estimate of drug-likeness (QED) is 0.647. The first-order chi connectivity index (χ1) is 8.08. The zero-order chi connectivity index (χ0) is 12.3. The maximum atomic E-state index is 11.9. The van der Waals surface area contributed by atoms with E-state index in [1.807, 2.05) is 0 Å². The Morgan fingerprint density at radius 1 is 1.06 bits per heavy atom. The monoisotopic (exact) mass is 272 g/mol. The largest absolute Gasteiger partial charge is 0.399 e. The first-order valence-electron chi connectivity index (χ1n) is 4.87. The van der Waals surface area contributed by atoms with Crippen LogP contribution in [-0.2, 0) is 10.0 Å². The van der Waals surface area contributed by atoms with Crippen LogP contribution >= 0.6 is 0 Å². The molecule has 89 valence electrons. The van der Waals surface area contributed by atoms with Gasteiger partial charge in [-0.2, -0.15) is 0 Å². The van der Waals surface area contributed by atoms with E-state index in [0.29, 0.717) is 5.69 Å². The molecule has 0 aliphatic heterocycles. The SMILES string of the molecule is Nc1ccc(S(=O)(=O)Nc2ccccn2)cc1.[Na]. The molecule has 7 heteroatoms. The molecule has 1 aromatic carbocycles.